The lowest BCUT2D eigenvalue weighted by Crippen LogP contribution is -2.45. The number of rotatable bonds is 7. The number of hydrogen-bond donors (Lipinski definition) is 1. The van der Waals surface area contributed by atoms with Gasteiger partial charge < -0.3 is 5.32 Å². The average Bonchev–Trinajstić information content (AvgIpc) is 3.18. The Kier molecular flexibility index (Phi) is 8.70. The van der Waals surface area contributed by atoms with Crippen LogP contribution >= 0.6 is 0 Å². The smallest absolute Gasteiger partial charge is 0.351 e. The zero-order valence-electron chi connectivity index (χ0n) is 20.8. The van der Waals surface area contributed by atoms with Crippen molar-refractivity contribution in [3.05, 3.63) is 71.4 Å². The van der Waals surface area contributed by atoms with Gasteiger partial charge in [-0.15, -0.1) is 0 Å². The molecule has 1 heterocycles. The van der Waals surface area contributed by atoms with Gasteiger partial charge in [0.1, 0.15) is 23.3 Å². The van der Waals surface area contributed by atoms with Gasteiger partial charge in [0, 0.05) is 25.7 Å². The van der Waals surface area contributed by atoms with E-state index in [9.17, 15) is 39.6 Å². The number of allylic oxidation sites excluding steroid dienone is 1. The fourth-order valence-electron chi connectivity index (χ4n) is 3.95. The number of carbonyl (C=O) groups excluding carboxylic acids is 1. The normalized spacial score (nSPS) is 21.2. The summed E-state index contributed by atoms with van der Waals surface area (Å²) in [5.74, 6) is -3.77. The van der Waals surface area contributed by atoms with Crippen molar-refractivity contribution < 1.29 is 39.6 Å². The SMILES string of the molecule is C=N/C(=N\C=C(/C)c1cc(F)cc(CNC(=O)[C@@H]2C[C@@](C)(F)CN2S(=O)(=O)c2ccc(F)cc2)c1)C(F)(F)F. The fraction of sp³-hybridized carbons (Fsp3) is 0.320. The predicted molar refractivity (Wildman–Crippen MR) is 133 cm³/mol. The molecule has 0 bridgehead atoms. The molecule has 0 aromatic heterocycles. The Bertz CT molecular complexity index is 1420. The number of nitrogens with one attached hydrogen (secondary N) is 1. The second-order valence-electron chi connectivity index (χ2n) is 9.12. The molecule has 1 N–H and O–H groups in total. The molecule has 7 nitrogen and oxygen atoms in total. The third kappa shape index (κ3) is 7.32. The first-order valence-electron chi connectivity index (χ1n) is 11.4. The second-order valence-corrected chi connectivity index (χ2v) is 11.0. The number of hydrogen-bond acceptors (Lipinski definition) is 4. The van der Waals surface area contributed by atoms with Crippen LogP contribution in [0.1, 0.15) is 31.4 Å². The summed E-state index contributed by atoms with van der Waals surface area (Å²) in [6.45, 7) is 4.44. The molecule has 2 aromatic rings. The van der Waals surface area contributed by atoms with Crippen molar-refractivity contribution in [1.29, 1.82) is 0 Å². The molecule has 0 saturated carbocycles. The fourth-order valence-corrected chi connectivity index (χ4v) is 5.64. The van der Waals surface area contributed by atoms with Gasteiger partial charge in [-0.05, 0) is 79.7 Å². The molecule has 14 heteroatoms. The van der Waals surface area contributed by atoms with E-state index in [0.29, 0.717) is 4.31 Å². The van der Waals surface area contributed by atoms with Crippen LogP contribution in [0.15, 0.2) is 63.5 Å². The molecule has 0 radical (unpaired) electrons. The quantitative estimate of drug-likeness (QED) is 0.293. The molecule has 0 spiro atoms. The van der Waals surface area contributed by atoms with Crippen LogP contribution in [0.3, 0.4) is 0 Å². The van der Waals surface area contributed by atoms with Crippen LogP contribution in [0.5, 0.6) is 0 Å². The Balaban J connectivity index is 1.80. The van der Waals surface area contributed by atoms with E-state index >= 15 is 0 Å². The number of amidine groups is 1. The van der Waals surface area contributed by atoms with E-state index in [1.807, 2.05) is 0 Å². The number of nitrogens with zero attached hydrogens (tertiary/aromatic N) is 3. The van der Waals surface area contributed by atoms with Gasteiger partial charge in [0.2, 0.25) is 21.8 Å². The third-order valence-electron chi connectivity index (χ3n) is 5.84. The lowest BCUT2D eigenvalue weighted by atomic mass is 10.0. The summed E-state index contributed by atoms with van der Waals surface area (Å²) < 4.78 is 108. The van der Waals surface area contributed by atoms with Gasteiger partial charge in [-0.3, -0.25) is 4.79 Å². The lowest BCUT2D eigenvalue weighted by molar-refractivity contribution is -0.124. The highest BCUT2D eigenvalue weighted by Gasteiger charge is 2.49. The Morgan fingerprint density at radius 1 is 1.18 bits per heavy atom. The third-order valence-corrected chi connectivity index (χ3v) is 7.71. The summed E-state index contributed by atoms with van der Waals surface area (Å²) in [5, 5.41) is 2.46. The topological polar surface area (TPSA) is 91.2 Å². The van der Waals surface area contributed by atoms with Gasteiger partial charge in [0.25, 0.3) is 0 Å². The van der Waals surface area contributed by atoms with E-state index in [1.54, 1.807) is 0 Å². The first-order chi connectivity index (χ1) is 18.0. The van der Waals surface area contributed by atoms with Crippen molar-refractivity contribution in [2.45, 2.75) is 49.6 Å². The van der Waals surface area contributed by atoms with Crippen molar-refractivity contribution in [2.24, 2.45) is 9.98 Å². The number of alkyl halides is 4. The monoisotopic (exact) mass is 574 g/mol. The van der Waals surface area contributed by atoms with Crippen molar-refractivity contribution in [2.75, 3.05) is 6.54 Å². The van der Waals surface area contributed by atoms with Gasteiger partial charge >= 0.3 is 6.18 Å². The van der Waals surface area contributed by atoms with E-state index in [1.165, 1.54) is 13.0 Å². The van der Waals surface area contributed by atoms with Gasteiger partial charge in [-0.25, -0.2) is 31.6 Å². The van der Waals surface area contributed by atoms with Gasteiger partial charge in [0.15, 0.2) is 0 Å². The van der Waals surface area contributed by atoms with Crippen molar-refractivity contribution in [3.8, 4) is 0 Å². The minimum absolute atomic E-state index is 0.146. The van der Waals surface area contributed by atoms with E-state index in [2.05, 4.69) is 22.0 Å². The molecule has 1 fully saturated rings. The molecule has 1 aliphatic heterocycles. The summed E-state index contributed by atoms with van der Waals surface area (Å²) in [6.07, 6.45) is -4.44. The standard InChI is InChI=1S/C25H24F6N4O3S/c1-15(12-34-23(32-3)25(29,30)31)17-8-16(9-19(27)10-17)13-33-22(36)21-11-24(2,28)14-35(21)39(37,38)20-6-4-18(26)5-7-20/h4-10,12,21H,3,11,13-14H2,1-2H3,(H,33,36)/b15-12+,34-23-/t21-,24+/m0/s1. The summed E-state index contributed by atoms with van der Waals surface area (Å²) >= 11 is 0. The minimum atomic E-state index is -4.83. The molecule has 0 aliphatic carbocycles. The second kappa shape index (κ2) is 11.3. The Morgan fingerprint density at radius 3 is 2.41 bits per heavy atom. The number of amides is 1. The first kappa shape index (κ1) is 30.0. The summed E-state index contributed by atoms with van der Waals surface area (Å²) in [4.78, 5) is 18.7. The summed E-state index contributed by atoms with van der Waals surface area (Å²) in [6, 6.07) is 5.92. The predicted octanol–water partition coefficient (Wildman–Crippen LogP) is 4.79. The molecule has 2 atom stereocenters. The first-order valence-corrected chi connectivity index (χ1v) is 12.8. The van der Waals surface area contributed by atoms with Crippen LogP contribution in [0.2, 0.25) is 0 Å². The highest BCUT2D eigenvalue weighted by molar-refractivity contribution is 7.89. The molecule has 1 saturated heterocycles. The Morgan fingerprint density at radius 2 is 1.82 bits per heavy atom. The summed E-state index contributed by atoms with van der Waals surface area (Å²) in [5.41, 5.74) is -1.53. The zero-order chi connectivity index (χ0) is 29.2. The maximum atomic E-state index is 14.9. The van der Waals surface area contributed by atoms with Gasteiger partial charge in [-0.1, -0.05) is 0 Å². The highest BCUT2D eigenvalue weighted by atomic mass is 32.2. The average molecular weight is 575 g/mol. The highest BCUT2D eigenvalue weighted by Crippen LogP contribution is 2.35. The largest absolute Gasteiger partial charge is 0.451 e. The maximum absolute atomic E-state index is 14.9. The number of sulfonamides is 1. The van der Waals surface area contributed by atoms with Crippen molar-refractivity contribution >= 4 is 34.1 Å². The Hall–Kier alpha value is -3.52. The summed E-state index contributed by atoms with van der Waals surface area (Å²) in [7, 11) is -4.36. The molecule has 3 rings (SSSR count). The van der Waals surface area contributed by atoms with Crippen LogP contribution in [-0.2, 0) is 21.4 Å². The van der Waals surface area contributed by atoms with Gasteiger partial charge in [-0.2, -0.15) is 17.5 Å². The van der Waals surface area contributed by atoms with E-state index in [-0.39, 0.29) is 28.1 Å². The molecule has 210 valence electrons. The number of carbonyl (C=O) groups is 1. The molecular formula is C25H24F6N4O3S. The zero-order valence-corrected chi connectivity index (χ0v) is 21.6. The minimum Gasteiger partial charge on any atom is -0.351 e. The van der Waals surface area contributed by atoms with E-state index in [4.69, 9.17) is 0 Å². The Labute approximate surface area is 221 Å². The maximum Gasteiger partial charge on any atom is 0.451 e. The van der Waals surface area contributed by atoms with E-state index < -0.39 is 64.3 Å². The molecule has 39 heavy (non-hydrogen) atoms. The van der Waals surface area contributed by atoms with Crippen LogP contribution in [0.4, 0.5) is 26.3 Å². The van der Waals surface area contributed by atoms with Crippen LogP contribution in [-0.4, -0.2) is 55.6 Å². The van der Waals surface area contributed by atoms with E-state index in [0.717, 1.165) is 49.5 Å². The number of aliphatic imine (C=N–C) groups is 2. The molecule has 2 aromatic carbocycles. The van der Waals surface area contributed by atoms with Crippen LogP contribution in [0, 0.1) is 11.6 Å². The van der Waals surface area contributed by atoms with Crippen LogP contribution < -0.4 is 5.32 Å². The van der Waals surface area contributed by atoms with Crippen LogP contribution in [0.25, 0.3) is 5.57 Å². The van der Waals surface area contributed by atoms with Crippen molar-refractivity contribution in [3.63, 3.8) is 0 Å². The molecule has 0 unspecified atom stereocenters. The molecular weight excluding hydrogens is 550 g/mol. The lowest BCUT2D eigenvalue weighted by Gasteiger charge is -2.23. The molecule has 1 aliphatic rings. The number of benzene rings is 2. The van der Waals surface area contributed by atoms with Gasteiger partial charge in [0.05, 0.1) is 4.90 Å². The molecule has 1 amide bonds. The van der Waals surface area contributed by atoms with Crippen molar-refractivity contribution in [1.82, 2.24) is 9.62 Å². The number of halogens is 6.